The molecule has 0 amide bonds. The smallest absolute Gasteiger partial charge is 0.147 e. The van der Waals surface area contributed by atoms with Gasteiger partial charge in [-0.25, -0.2) is 0 Å². The summed E-state index contributed by atoms with van der Waals surface area (Å²) < 4.78 is 10.3. The van der Waals surface area contributed by atoms with Crippen molar-refractivity contribution in [1.82, 2.24) is 0 Å². The highest BCUT2D eigenvalue weighted by Crippen LogP contribution is 2.08. The Hall–Kier alpha value is -1.37. The summed E-state index contributed by atoms with van der Waals surface area (Å²) in [6, 6.07) is 9.50. The monoisotopic (exact) mass is 191 g/mol. The van der Waals surface area contributed by atoms with E-state index in [0.717, 1.165) is 5.56 Å². The maximum absolute atomic E-state index is 8.78. The van der Waals surface area contributed by atoms with Gasteiger partial charge in [0, 0.05) is 6.61 Å². The molecule has 0 heterocycles. The standard InChI is InChI=1S/C11H13NO2/c1-2-13-9-14-8-11-6-4-3-5-10(11)7-12/h3-6H,2,8-9H2,1H3. The van der Waals surface area contributed by atoms with E-state index in [1.807, 2.05) is 25.1 Å². The first-order valence-corrected chi connectivity index (χ1v) is 4.52. The van der Waals surface area contributed by atoms with Crippen LogP contribution >= 0.6 is 0 Å². The van der Waals surface area contributed by atoms with Crippen molar-refractivity contribution in [3.8, 4) is 6.07 Å². The van der Waals surface area contributed by atoms with Gasteiger partial charge < -0.3 is 9.47 Å². The molecule has 0 N–H and O–H groups in total. The van der Waals surface area contributed by atoms with Crippen LogP contribution in [0.15, 0.2) is 24.3 Å². The van der Waals surface area contributed by atoms with E-state index in [1.54, 1.807) is 6.07 Å². The molecule has 74 valence electrons. The minimum Gasteiger partial charge on any atom is -0.356 e. The molecule has 0 spiro atoms. The van der Waals surface area contributed by atoms with E-state index in [1.165, 1.54) is 0 Å². The van der Waals surface area contributed by atoms with E-state index in [0.29, 0.717) is 18.8 Å². The average Bonchev–Trinajstić information content (AvgIpc) is 2.25. The summed E-state index contributed by atoms with van der Waals surface area (Å²) in [5.41, 5.74) is 1.55. The van der Waals surface area contributed by atoms with Crippen LogP contribution in [-0.2, 0) is 16.1 Å². The molecule has 0 saturated carbocycles. The lowest BCUT2D eigenvalue weighted by Gasteiger charge is -2.05. The number of benzene rings is 1. The van der Waals surface area contributed by atoms with Crippen molar-refractivity contribution < 1.29 is 9.47 Å². The summed E-state index contributed by atoms with van der Waals surface area (Å²) in [4.78, 5) is 0. The van der Waals surface area contributed by atoms with Crippen molar-refractivity contribution in [1.29, 1.82) is 5.26 Å². The van der Waals surface area contributed by atoms with Gasteiger partial charge in [-0.1, -0.05) is 18.2 Å². The molecule has 0 saturated heterocycles. The number of hydrogen-bond donors (Lipinski definition) is 0. The second kappa shape index (κ2) is 6.14. The topological polar surface area (TPSA) is 42.2 Å². The zero-order valence-electron chi connectivity index (χ0n) is 8.19. The fourth-order valence-electron chi connectivity index (χ4n) is 1.05. The molecule has 3 heteroatoms. The molecule has 14 heavy (non-hydrogen) atoms. The summed E-state index contributed by atoms with van der Waals surface area (Å²) in [6.07, 6.45) is 0. The van der Waals surface area contributed by atoms with Crippen LogP contribution < -0.4 is 0 Å². The number of nitriles is 1. The van der Waals surface area contributed by atoms with Crippen molar-refractivity contribution in [2.45, 2.75) is 13.5 Å². The van der Waals surface area contributed by atoms with E-state index in [2.05, 4.69) is 6.07 Å². The Labute approximate surface area is 83.9 Å². The molecule has 1 aromatic carbocycles. The first kappa shape index (κ1) is 10.7. The van der Waals surface area contributed by atoms with Crippen LogP contribution in [0, 0.1) is 11.3 Å². The number of nitrogens with zero attached hydrogens (tertiary/aromatic N) is 1. The van der Waals surface area contributed by atoms with Crippen molar-refractivity contribution in [2.24, 2.45) is 0 Å². The highest BCUT2D eigenvalue weighted by molar-refractivity contribution is 5.36. The molecule has 0 aliphatic rings. The first-order chi connectivity index (χ1) is 6.88. The Morgan fingerprint density at radius 3 is 2.79 bits per heavy atom. The van der Waals surface area contributed by atoms with Gasteiger partial charge >= 0.3 is 0 Å². The zero-order chi connectivity index (χ0) is 10.2. The van der Waals surface area contributed by atoms with Crippen LogP contribution in [0.3, 0.4) is 0 Å². The molecule has 0 aliphatic carbocycles. The van der Waals surface area contributed by atoms with Crippen molar-refractivity contribution in [3.05, 3.63) is 35.4 Å². The minimum atomic E-state index is 0.274. The van der Waals surface area contributed by atoms with Crippen LogP contribution in [0.5, 0.6) is 0 Å². The van der Waals surface area contributed by atoms with Crippen LogP contribution in [0.1, 0.15) is 18.1 Å². The lowest BCUT2D eigenvalue weighted by Crippen LogP contribution is -2.00. The predicted octanol–water partition coefficient (Wildman–Crippen LogP) is 2.07. The largest absolute Gasteiger partial charge is 0.356 e. The van der Waals surface area contributed by atoms with Crippen LogP contribution in [0.2, 0.25) is 0 Å². The second-order valence-corrected chi connectivity index (χ2v) is 2.73. The quantitative estimate of drug-likeness (QED) is 0.528. The van der Waals surface area contributed by atoms with Crippen LogP contribution in [0.25, 0.3) is 0 Å². The highest BCUT2D eigenvalue weighted by Gasteiger charge is 1.99. The normalized spacial score (nSPS) is 9.71. The van der Waals surface area contributed by atoms with Gasteiger partial charge in [0.2, 0.25) is 0 Å². The van der Waals surface area contributed by atoms with E-state index in [4.69, 9.17) is 14.7 Å². The summed E-state index contributed by atoms with van der Waals surface area (Å²) in [5, 5.41) is 8.78. The summed E-state index contributed by atoms with van der Waals surface area (Å²) in [7, 11) is 0. The van der Waals surface area contributed by atoms with Gasteiger partial charge in [-0.2, -0.15) is 5.26 Å². The van der Waals surface area contributed by atoms with E-state index < -0.39 is 0 Å². The van der Waals surface area contributed by atoms with Crippen LogP contribution in [0.4, 0.5) is 0 Å². The molecular formula is C11H13NO2. The van der Waals surface area contributed by atoms with Crippen molar-refractivity contribution >= 4 is 0 Å². The third-order valence-electron chi connectivity index (χ3n) is 1.77. The zero-order valence-corrected chi connectivity index (χ0v) is 8.19. The SMILES string of the molecule is CCOCOCc1ccccc1C#N. The van der Waals surface area contributed by atoms with E-state index in [9.17, 15) is 0 Å². The maximum atomic E-state index is 8.78. The van der Waals surface area contributed by atoms with Gasteiger partial charge in [-0.3, -0.25) is 0 Å². The molecule has 0 unspecified atom stereocenters. The summed E-state index contributed by atoms with van der Waals surface area (Å²) >= 11 is 0. The molecule has 1 rings (SSSR count). The number of ether oxygens (including phenoxy) is 2. The van der Waals surface area contributed by atoms with Crippen molar-refractivity contribution in [3.63, 3.8) is 0 Å². The number of rotatable bonds is 5. The molecule has 0 aromatic heterocycles. The van der Waals surface area contributed by atoms with Gasteiger partial charge in [0.15, 0.2) is 0 Å². The average molecular weight is 191 g/mol. The molecule has 0 fully saturated rings. The lowest BCUT2D eigenvalue weighted by molar-refractivity contribution is -0.0572. The van der Waals surface area contributed by atoms with Crippen molar-refractivity contribution in [2.75, 3.05) is 13.4 Å². The molecule has 0 atom stereocenters. The molecule has 3 nitrogen and oxygen atoms in total. The predicted molar refractivity (Wildman–Crippen MR) is 52.4 cm³/mol. The van der Waals surface area contributed by atoms with Gasteiger partial charge in [-0.15, -0.1) is 0 Å². The minimum absolute atomic E-state index is 0.274. The lowest BCUT2D eigenvalue weighted by atomic mass is 10.1. The fourth-order valence-corrected chi connectivity index (χ4v) is 1.05. The van der Waals surface area contributed by atoms with Gasteiger partial charge in [0.25, 0.3) is 0 Å². The molecular weight excluding hydrogens is 178 g/mol. The van der Waals surface area contributed by atoms with E-state index >= 15 is 0 Å². The third-order valence-corrected chi connectivity index (χ3v) is 1.77. The Balaban J connectivity index is 2.46. The Bertz CT molecular complexity index is 317. The van der Waals surface area contributed by atoms with Gasteiger partial charge in [0.05, 0.1) is 18.2 Å². The Morgan fingerprint density at radius 1 is 1.29 bits per heavy atom. The summed E-state index contributed by atoms with van der Waals surface area (Å²) in [6.45, 7) is 3.24. The van der Waals surface area contributed by atoms with Gasteiger partial charge in [-0.05, 0) is 18.6 Å². The highest BCUT2D eigenvalue weighted by atomic mass is 16.7. The molecule has 0 radical (unpaired) electrons. The third kappa shape index (κ3) is 3.17. The fraction of sp³-hybridized carbons (Fsp3) is 0.364. The van der Waals surface area contributed by atoms with Crippen LogP contribution in [-0.4, -0.2) is 13.4 Å². The second-order valence-electron chi connectivity index (χ2n) is 2.73. The Morgan fingerprint density at radius 2 is 2.07 bits per heavy atom. The number of hydrogen-bond acceptors (Lipinski definition) is 3. The summed E-state index contributed by atoms with van der Waals surface area (Å²) in [5.74, 6) is 0. The first-order valence-electron chi connectivity index (χ1n) is 4.52. The molecule has 1 aromatic rings. The van der Waals surface area contributed by atoms with Gasteiger partial charge in [0.1, 0.15) is 6.79 Å². The van der Waals surface area contributed by atoms with E-state index in [-0.39, 0.29) is 6.79 Å². The maximum Gasteiger partial charge on any atom is 0.147 e. The molecule has 0 bridgehead atoms. The Kier molecular flexibility index (Phi) is 4.70. The molecule has 0 aliphatic heterocycles.